The molecule has 0 bridgehead atoms. The van der Waals surface area contributed by atoms with Gasteiger partial charge in [-0.3, -0.25) is 4.79 Å². The predicted molar refractivity (Wildman–Crippen MR) is 168 cm³/mol. The Labute approximate surface area is 259 Å². The monoisotopic (exact) mass is 624 g/mol. The third kappa shape index (κ3) is 5.74. The van der Waals surface area contributed by atoms with E-state index in [1.165, 1.54) is 6.07 Å². The van der Waals surface area contributed by atoms with Gasteiger partial charge in [-0.1, -0.05) is 13.3 Å². The number of nitrogens with two attached hydrogens (primary N) is 1. The Morgan fingerprint density at radius 3 is 2.57 bits per heavy atom. The molecule has 1 saturated heterocycles. The number of rotatable bonds is 11. The van der Waals surface area contributed by atoms with Gasteiger partial charge in [-0.25, -0.2) is 4.98 Å². The number of pyridine rings is 1. The van der Waals surface area contributed by atoms with Gasteiger partial charge in [0, 0.05) is 54.5 Å². The van der Waals surface area contributed by atoms with E-state index in [4.69, 9.17) is 20.2 Å². The number of nitrogens with zero attached hydrogens (tertiary/aromatic N) is 5. The lowest BCUT2D eigenvalue weighted by atomic mass is 9.98. The van der Waals surface area contributed by atoms with Crippen molar-refractivity contribution in [2.45, 2.75) is 64.4 Å². The molecule has 13 heteroatoms. The Morgan fingerprint density at radius 2 is 1.93 bits per heavy atom. The van der Waals surface area contributed by atoms with Crippen molar-refractivity contribution in [3.63, 3.8) is 0 Å². The number of aromatic nitrogens is 4. The normalized spacial score (nSPS) is 20.6. The average molecular weight is 625 g/mol. The lowest BCUT2D eigenvalue weighted by Crippen LogP contribution is -2.41. The van der Waals surface area contributed by atoms with Crippen LogP contribution in [0.1, 0.15) is 43.5 Å². The number of imidazole rings is 1. The molecule has 44 heavy (non-hydrogen) atoms. The second kappa shape index (κ2) is 11.9. The third-order valence-corrected chi connectivity index (χ3v) is 9.52. The van der Waals surface area contributed by atoms with Crippen LogP contribution >= 0.6 is 11.8 Å². The van der Waals surface area contributed by atoms with Crippen molar-refractivity contribution in [1.29, 1.82) is 0 Å². The minimum absolute atomic E-state index is 0.0663. The van der Waals surface area contributed by atoms with Crippen molar-refractivity contribution in [1.82, 2.24) is 24.0 Å². The van der Waals surface area contributed by atoms with Gasteiger partial charge < -0.3 is 44.6 Å². The summed E-state index contributed by atoms with van der Waals surface area (Å²) in [6, 6.07) is 8.74. The average Bonchev–Trinajstić information content (AvgIpc) is 3.55. The molecule has 0 radical (unpaired) electrons. The number of likely N-dealkylation sites (tertiary alicyclic amines) is 1. The second-order valence-corrected chi connectivity index (χ2v) is 12.9. The molecule has 1 aliphatic heterocycles. The summed E-state index contributed by atoms with van der Waals surface area (Å²) in [6.07, 6.45) is 1.82. The quantitative estimate of drug-likeness (QED) is 0.183. The highest BCUT2D eigenvalue weighted by Crippen LogP contribution is 2.39. The van der Waals surface area contributed by atoms with E-state index in [1.807, 2.05) is 24.0 Å². The van der Waals surface area contributed by atoms with Crippen LogP contribution in [0.2, 0.25) is 0 Å². The van der Waals surface area contributed by atoms with E-state index in [0.717, 1.165) is 41.6 Å². The van der Waals surface area contributed by atoms with Gasteiger partial charge in [-0.05, 0) is 62.1 Å². The number of methoxy groups -OCH3 is 1. The number of aryl methyl sites for hydroxylation is 1. The first-order chi connectivity index (χ1) is 21.0. The van der Waals surface area contributed by atoms with Crippen LogP contribution in [0.15, 0.2) is 30.3 Å². The van der Waals surface area contributed by atoms with Crippen LogP contribution in [-0.4, -0.2) is 89.1 Å². The van der Waals surface area contributed by atoms with Gasteiger partial charge in [0.05, 0.1) is 18.3 Å². The first-order valence-electron chi connectivity index (χ1n) is 15.0. The highest BCUT2D eigenvalue weighted by Gasteiger charge is 2.39. The van der Waals surface area contributed by atoms with Gasteiger partial charge in [-0.15, -0.1) is 0 Å². The molecular weight excluding hydrogens is 584 g/mol. The molecule has 12 nitrogen and oxygen atoms in total. The lowest BCUT2D eigenvalue weighted by Gasteiger charge is -2.23. The first-order valence-corrected chi connectivity index (χ1v) is 16.4. The lowest BCUT2D eigenvalue weighted by molar-refractivity contribution is -0.420. The van der Waals surface area contributed by atoms with E-state index >= 15 is 0 Å². The zero-order valence-electron chi connectivity index (χ0n) is 25.4. The summed E-state index contributed by atoms with van der Waals surface area (Å²) < 4.78 is 14.9. The third-order valence-electron chi connectivity index (χ3n) is 8.93. The van der Waals surface area contributed by atoms with E-state index < -0.39 is 6.16 Å². The van der Waals surface area contributed by atoms with E-state index in [0.29, 0.717) is 53.9 Å². The zero-order valence-corrected chi connectivity index (χ0v) is 26.3. The van der Waals surface area contributed by atoms with Crippen LogP contribution in [-0.2, 0) is 13.1 Å². The molecule has 1 aromatic carbocycles. The smallest absolute Gasteiger partial charge is 0.454 e. The minimum Gasteiger partial charge on any atom is -0.494 e. The van der Waals surface area contributed by atoms with E-state index in [1.54, 1.807) is 31.0 Å². The number of thioether (sulfide) groups is 1. The van der Waals surface area contributed by atoms with E-state index in [2.05, 4.69) is 27.3 Å². The van der Waals surface area contributed by atoms with Crippen LogP contribution in [0, 0.1) is 11.8 Å². The molecule has 236 valence electrons. The van der Waals surface area contributed by atoms with Crippen molar-refractivity contribution in [3.05, 3.63) is 35.9 Å². The number of ether oxygens (including phenoxy) is 2. The van der Waals surface area contributed by atoms with Crippen LogP contribution in [0.4, 0.5) is 0 Å². The Hall–Kier alpha value is -3.36. The molecule has 0 spiro atoms. The van der Waals surface area contributed by atoms with Crippen molar-refractivity contribution < 1.29 is 29.6 Å². The number of carbonyl (C=O) groups excluding carboxylic acids is 1. The molecule has 3 atom stereocenters. The van der Waals surface area contributed by atoms with Crippen molar-refractivity contribution in [2.75, 3.05) is 25.7 Å². The molecule has 2 aliphatic rings. The maximum atomic E-state index is 13.8. The SMILES string of the molecule is CC[C@@H]1CN(C(=O)c2cc(OC)c3c(c2)nc(-c2cc4ccc(OC(O)(O)O)nc4n2CC2CC2)n3CCSC)C(C)[C@@H]1N. The van der Waals surface area contributed by atoms with Gasteiger partial charge in [-0.2, -0.15) is 16.7 Å². The van der Waals surface area contributed by atoms with Crippen LogP contribution in [0.25, 0.3) is 33.6 Å². The standard InChI is InChI=1S/C31H40N6O6S/c1-5-19-16-36(17(2)26(19)32)30(38)21-12-22-27(24(14-21)42-3)35(10-11-44-4)29(33-22)23-13-20-8-9-25(43-31(39,40)41)34-28(20)37(23)15-18-6-7-18/h8-9,12-14,17-19,26,39-41H,5-7,10-11,15-16,32H2,1-4H3/t17?,19-,26+/m1/s1. The maximum absolute atomic E-state index is 13.8. The van der Waals surface area contributed by atoms with Crippen LogP contribution < -0.4 is 15.2 Å². The molecule has 1 saturated carbocycles. The summed E-state index contributed by atoms with van der Waals surface area (Å²) in [4.78, 5) is 25.3. The topological polar surface area (TPSA) is 161 Å². The highest BCUT2D eigenvalue weighted by atomic mass is 32.2. The Balaban J connectivity index is 1.50. The van der Waals surface area contributed by atoms with Gasteiger partial charge in [0.1, 0.15) is 16.9 Å². The Kier molecular flexibility index (Phi) is 8.26. The molecule has 4 heterocycles. The Morgan fingerprint density at radius 1 is 1.16 bits per heavy atom. The fraction of sp³-hybridized carbons (Fsp3) is 0.516. The fourth-order valence-electron chi connectivity index (χ4n) is 6.32. The second-order valence-electron chi connectivity index (χ2n) is 11.9. The molecule has 3 aromatic heterocycles. The number of hydrogen-bond acceptors (Lipinski definition) is 10. The molecule has 2 fully saturated rings. The van der Waals surface area contributed by atoms with E-state index in [-0.39, 0.29) is 29.8 Å². The highest BCUT2D eigenvalue weighted by molar-refractivity contribution is 7.98. The minimum atomic E-state index is -3.34. The summed E-state index contributed by atoms with van der Waals surface area (Å²) >= 11 is 1.72. The van der Waals surface area contributed by atoms with Gasteiger partial charge in [0.25, 0.3) is 5.91 Å². The number of fused-ring (bicyclic) bond motifs is 2. The predicted octanol–water partition coefficient (Wildman–Crippen LogP) is 3.00. The number of benzene rings is 1. The number of hydrogen-bond donors (Lipinski definition) is 4. The van der Waals surface area contributed by atoms with Crippen molar-refractivity contribution in [2.24, 2.45) is 17.6 Å². The molecule has 1 unspecified atom stereocenters. The van der Waals surface area contributed by atoms with Gasteiger partial charge in [0.2, 0.25) is 5.88 Å². The molecule has 1 amide bonds. The van der Waals surface area contributed by atoms with E-state index in [9.17, 15) is 20.1 Å². The first kappa shape index (κ1) is 30.7. The van der Waals surface area contributed by atoms with Gasteiger partial charge >= 0.3 is 6.16 Å². The zero-order chi connectivity index (χ0) is 31.3. The largest absolute Gasteiger partial charge is 0.494 e. The number of aliphatic hydroxyl groups is 3. The molecular formula is C31H40N6O6S. The fourth-order valence-corrected chi connectivity index (χ4v) is 6.68. The summed E-state index contributed by atoms with van der Waals surface area (Å²) in [6.45, 7) is 6.08. The molecule has 4 aromatic rings. The van der Waals surface area contributed by atoms with Crippen molar-refractivity contribution >= 4 is 39.7 Å². The molecule has 5 N–H and O–H groups in total. The van der Waals surface area contributed by atoms with Gasteiger partial charge in [0.15, 0.2) is 5.82 Å². The molecule has 1 aliphatic carbocycles. The number of carbonyl (C=O) groups is 1. The Bertz CT molecular complexity index is 1690. The summed E-state index contributed by atoms with van der Waals surface area (Å²) in [5.74, 6) is 2.62. The van der Waals surface area contributed by atoms with Crippen molar-refractivity contribution in [3.8, 4) is 23.1 Å². The maximum Gasteiger partial charge on any atom is 0.454 e. The number of amides is 1. The van der Waals surface area contributed by atoms with Crippen LogP contribution in [0.5, 0.6) is 11.6 Å². The summed E-state index contributed by atoms with van der Waals surface area (Å²) in [5, 5.41) is 28.9. The molecule has 6 rings (SSSR count). The van der Waals surface area contributed by atoms with Crippen LogP contribution in [0.3, 0.4) is 0 Å². The summed E-state index contributed by atoms with van der Waals surface area (Å²) in [5.41, 5.74) is 9.82. The summed E-state index contributed by atoms with van der Waals surface area (Å²) in [7, 11) is 1.61.